The van der Waals surface area contributed by atoms with Crippen molar-refractivity contribution in [2.75, 3.05) is 4.90 Å². The van der Waals surface area contributed by atoms with Gasteiger partial charge < -0.3 is 4.57 Å². The zero-order valence-electron chi connectivity index (χ0n) is 16.9. The highest BCUT2D eigenvalue weighted by Gasteiger charge is 2.35. The van der Waals surface area contributed by atoms with E-state index in [1.165, 1.54) is 18.2 Å². The largest absolute Gasteiger partial charge is 0.318 e. The first-order valence-electron chi connectivity index (χ1n) is 9.49. The number of anilines is 1. The highest BCUT2D eigenvalue weighted by Crippen LogP contribution is 2.28. The third-order valence-electron chi connectivity index (χ3n) is 5.10. The van der Waals surface area contributed by atoms with Crippen LogP contribution in [0.4, 0.5) is 10.1 Å². The number of thiocarbonyl (C=S) groups is 1. The molecule has 162 valence electrons. The molecule has 2 aromatic carbocycles. The van der Waals surface area contributed by atoms with Gasteiger partial charge in [-0.15, -0.1) is 0 Å². The molecule has 1 fully saturated rings. The summed E-state index contributed by atoms with van der Waals surface area (Å²) in [6, 6.07) is 13.0. The Labute approximate surface area is 199 Å². The molecule has 9 heteroatoms. The molecule has 0 unspecified atom stereocenters. The van der Waals surface area contributed by atoms with E-state index in [1.807, 2.05) is 42.7 Å². The van der Waals surface area contributed by atoms with E-state index in [-0.39, 0.29) is 21.4 Å². The van der Waals surface area contributed by atoms with Gasteiger partial charge in [0.15, 0.2) is 5.11 Å². The van der Waals surface area contributed by atoms with Crippen molar-refractivity contribution >= 4 is 64.1 Å². The molecule has 0 bridgehead atoms. The van der Waals surface area contributed by atoms with Gasteiger partial charge in [-0.1, -0.05) is 29.3 Å². The van der Waals surface area contributed by atoms with E-state index in [1.54, 1.807) is 6.07 Å². The molecule has 0 aliphatic carbocycles. The van der Waals surface area contributed by atoms with E-state index >= 15 is 0 Å². The fraction of sp³-hybridized carbons (Fsp3) is 0.0870. The first-order valence-corrected chi connectivity index (χ1v) is 10.6. The number of hydrogen-bond acceptors (Lipinski definition) is 3. The molecule has 1 saturated heterocycles. The molecule has 1 N–H and O–H groups in total. The fourth-order valence-corrected chi connectivity index (χ4v) is 4.26. The minimum Gasteiger partial charge on any atom is -0.318 e. The Morgan fingerprint density at radius 1 is 1.03 bits per heavy atom. The van der Waals surface area contributed by atoms with Crippen LogP contribution in [0.3, 0.4) is 0 Å². The average Bonchev–Trinajstić information content (AvgIpc) is 3.00. The van der Waals surface area contributed by atoms with Crippen molar-refractivity contribution < 1.29 is 14.0 Å². The number of amides is 2. The van der Waals surface area contributed by atoms with E-state index in [0.29, 0.717) is 10.6 Å². The Morgan fingerprint density at radius 2 is 1.78 bits per heavy atom. The summed E-state index contributed by atoms with van der Waals surface area (Å²) in [6.07, 6.45) is 1.51. The second-order valence-corrected chi connectivity index (χ2v) is 8.43. The third-order valence-corrected chi connectivity index (χ3v) is 5.91. The van der Waals surface area contributed by atoms with Gasteiger partial charge in [0.25, 0.3) is 11.8 Å². The molecule has 1 aliphatic rings. The summed E-state index contributed by atoms with van der Waals surface area (Å²) in [5.74, 6) is -1.87. The zero-order valence-corrected chi connectivity index (χ0v) is 19.3. The Hall–Kier alpha value is -3.00. The lowest BCUT2D eigenvalue weighted by Crippen LogP contribution is -2.54. The molecule has 1 aliphatic heterocycles. The second-order valence-electron chi connectivity index (χ2n) is 7.20. The quantitative estimate of drug-likeness (QED) is 0.307. The molecule has 3 aromatic rings. The predicted octanol–water partition coefficient (Wildman–Crippen LogP) is 5.37. The molecule has 4 rings (SSSR count). The summed E-state index contributed by atoms with van der Waals surface area (Å²) in [6.45, 7) is 3.80. The maximum absolute atomic E-state index is 13.6. The van der Waals surface area contributed by atoms with E-state index in [0.717, 1.165) is 28.0 Å². The number of nitrogens with one attached hydrogen (secondary N) is 1. The minimum atomic E-state index is -0.631. The lowest BCUT2D eigenvalue weighted by Gasteiger charge is -2.29. The zero-order chi connectivity index (χ0) is 23.2. The highest BCUT2D eigenvalue weighted by molar-refractivity contribution is 7.80. The smallest absolute Gasteiger partial charge is 0.270 e. The second kappa shape index (κ2) is 8.50. The predicted molar refractivity (Wildman–Crippen MR) is 128 cm³/mol. The maximum Gasteiger partial charge on any atom is 0.270 e. The van der Waals surface area contributed by atoms with Crippen LogP contribution in [0.15, 0.2) is 54.1 Å². The van der Waals surface area contributed by atoms with Gasteiger partial charge in [-0.3, -0.25) is 19.8 Å². The molecule has 32 heavy (non-hydrogen) atoms. The van der Waals surface area contributed by atoms with Crippen molar-refractivity contribution in [2.24, 2.45) is 0 Å². The molecule has 0 saturated carbocycles. The summed E-state index contributed by atoms with van der Waals surface area (Å²) in [4.78, 5) is 26.9. The van der Waals surface area contributed by atoms with Gasteiger partial charge in [-0.2, -0.15) is 0 Å². The number of aryl methyl sites for hydroxylation is 1. The van der Waals surface area contributed by atoms with Gasteiger partial charge >= 0.3 is 0 Å². The van der Waals surface area contributed by atoms with E-state index < -0.39 is 17.6 Å². The normalized spacial score (nSPS) is 15.5. The molecule has 5 nitrogen and oxygen atoms in total. The van der Waals surface area contributed by atoms with Gasteiger partial charge in [0.2, 0.25) is 0 Å². The average molecular weight is 488 g/mol. The van der Waals surface area contributed by atoms with Gasteiger partial charge in [-0.25, -0.2) is 4.39 Å². The first kappa shape index (κ1) is 22.2. The van der Waals surface area contributed by atoms with Crippen molar-refractivity contribution in [3.05, 3.63) is 86.9 Å². The van der Waals surface area contributed by atoms with Crippen molar-refractivity contribution in [3.8, 4) is 5.69 Å². The van der Waals surface area contributed by atoms with Gasteiger partial charge in [0.1, 0.15) is 11.4 Å². The van der Waals surface area contributed by atoms with Gasteiger partial charge in [0.05, 0.1) is 10.7 Å². The van der Waals surface area contributed by atoms with Crippen LogP contribution in [0, 0.1) is 19.7 Å². The standard InChI is InChI=1S/C23H16Cl2FN3O2S/c1-12-8-14(13(2)28(12)16-5-3-4-15(24)10-16)9-18-21(30)27-23(32)29(22(18)31)17-6-7-20(26)19(25)11-17/h3-11H,1-2H3,(H,27,30,32)/b18-9+. The molecule has 2 amide bonds. The molecule has 0 spiro atoms. The van der Waals surface area contributed by atoms with Crippen molar-refractivity contribution in [2.45, 2.75) is 13.8 Å². The van der Waals surface area contributed by atoms with Crippen molar-refractivity contribution in [1.29, 1.82) is 0 Å². The lowest BCUT2D eigenvalue weighted by molar-refractivity contribution is -0.122. The highest BCUT2D eigenvalue weighted by atomic mass is 35.5. The molecule has 1 aromatic heterocycles. The van der Waals surface area contributed by atoms with Crippen LogP contribution in [0.1, 0.15) is 17.0 Å². The Bertz CT molecular complexity index is 1330. The van der Waals surface area contributed by atoms with Crippen molar-refractivity contribution in [3.63, 3.8) is 0 Å². The minimum absolute atomic E-state index is 0.106. The summed E-state index contributed by atoms with van der Waals surface area (Å²) in [5.41, 5.74) is 3.42. The fourth-order valence-electron chi connectivity index (χ4n) is 3.62. The summed E-state index contributed by atoms with van der Waals surface area (Å²) < 4.78 is 15.6. The lowest BCUT2D eigenvalue weighted by atomic mass is 10.1. The van der Waals surface area contributed by atoms with Crippen LogP contribution in [-0.2, 0) is 9.59 Å². The number of benzene rings is 2. The number of nitrogens with zero attached hydrogens (tertiary/aromatic N) is 2. The Balaban J connectivity index is 1.77. The Kier molecular flexibility index (Phi) is 5.90. The summed E-state index contributed by atoms with van der Waals surface area (Å²) in [7, 11) is 0. The van der Waals surface area contributed by atoms with E-state index in [9.17, 15) is 14.0 Å². The molecule has 0 atom stereocenters. The van der Waals surface area contributed by atoms with Gasteiger partial charge in [-0.05, 0) is 80.2 Å². The number of carbonyl (C=O) groups excluding carboxylic acids is 2. The van der Waals surface area contributed by atoms with Crippen LogP contribution in [-0.4, -0.2) is 21.5 Å². The van der Waals surface area contributed by atoms with Crippen LogP contribution in [0.2, 0.25) is 10.0 Å². The monoisotopic (exact) mass is 487 g/mol. The Morgan fingerprint density at radius 3 is 2.47 bits per heavy atom. The SMILES string of the molecule is Cc1cc(/C=C2\C(=O)NC(=S)N(c3ccc(F)c(Cl)c3)C2=O)c(C)n1-c1cccc(Cl)c1. The first-order chi connectivity index (χ1) is 15.2. The summed E-state index contributed by atoms with van der Waals surface area (Å²) >= 11 is 17.2. The maximum atomic E-state index is 13.6. The van der Waals surface area contributed by atoms with Crippen LogP contribution in [0.25, 0.3) is 11.8 Å². The topological polar surface area (TPSA) is 54.3 Å². The van der Waals surface area contributed by atoms with Crippen LogP contribution in [0.5, 0.6) is 0 Å². The number of halogens is 3. The van der Waals surface area contributed by atoms with Gasteiger partial charge in [0, 0.05) is 22.1 Å². The number of hydrogen-bond donors (Lipinski definition) is 1. The van der Waals surface area contributed by atoms with Crippen LogP contribution >= 0.6 is 35.4 Å². The summed E-state index contributed by atoms with van der Waals surface area (Å²) in [5, 5.41) is 2.84. The van der Waals surface area contributed by atoms with Crippen LogP contribution < -0.4 is 10.2 Å². The molecular weight excluding hydrogens is 472 g/mol. The third kappa shape index (κ3) is 3.95. The number of aromatic nitrogens is 1. The number of rotatable bonds is 3. The van der Waals surface area contributed by atoms with Crippen molar-refractivity contribution in [1.82, 2.24) is 9.88 Å². The van der Waals surface area contributed by atoms with E-state index in [2.05, 4.69) is 5.32 Å². The molecular formula is C23H16Cl2FN3O2S. The number of carbonyl (C=O) groups is 2. The molecule has 0 radical (unpaired) electrons. The van der Waals surface area contributed by atoms with E-state index in [4.69, 9.17) is 35.4 Å². The molecule has 2 heterocycles.